The Balaban J connectivity index is 0.000000696. The molecule has 0 heterocycles. The summed E-state index contributed by atoms with van der Waals surface area (Å²) in [6.45, 7) is -0.245. The zero-order chi connectivity index (χ0) is 33.6. The molecule has 248 valence electrons. The molecule has 0 aromatic heterocycles. The number of nitrogens with one attached hydrogen (secondary N) is 1. The third-order valence-corrected chi connectivity index (χ3v) is 9.31. The molecule has 0 aliphatic rings. The van der Waals surface area contributed by atoms with Crippen LogP contribution in [0, 0.1) is 0 Å². The van der Waals surface area contributed by atoms with E-state index in [-0.39, 0.29) is 35.2 Å². The minimum atomic E-state index is -4.71. The number of halogens is 9. The Morgan fingerprint density at radius 2 is 1.07 bits per heavy atom. The van der Waals surface area contributed by atoms with Crippen molar-refractivity contribution in [2.45, 2.75) is 22.1 Å². The highest BCUT2D eigenvalue weighted by molar-refractivity contribution is 9.10. The van der Waals surface area contributed by atoms with E-state index in [1.54, 1.807) is 0 Å². The van der Waals surface area contributed by atoms with Crippen LogP contribution in [0.4, 0.5) is 26.3 Å². The predicted octanol–water partition coefficient (Wildman–Crippen LogP) is 3.40. The molecule has 0 saturated carbocycles. The van der Waals surface area contributed by atoms with E-state index in [1.165, 1.54) is 0 Å². The second kappa shape index (κ2) is 18.8. The Morgan fingerprint density at radius 3 is 1.40 bits per heavy atom. The fourth-order valence-electron chi connectivity index (χ4n) is 2.76. The van der Waals surface area contributed by atoms with Gasteiger partial charge in [-0.25, -0.2) is 16.8 Å². The Morgan fingerprint density at radius 1 is 0.698 bits per heavy atom. The van der Waals surface area contributed by atoms with E-state index in [4.69, 9.17) is 31.1 Å². The van der Waals surface area contributed by atoms with Crippen LogP contribution < -0.4 is 5.32 Å². The second-order valence-corrected chi connectivity index (χ2v) is 14.0. The second-order valence-electron chi connectivity index (χ2n) is 7.77. The monoisotopic (exact) mass is 818 g/mol. The maximum atomic E-state index is 12.8. The molecule has 0 unspecified atom stereocenters. The molecule has 2 rings (SSSR count). The third kappa shape index (κ3) is 14.7. The lowest BCUT2D eigenvalue weighted by Crippen LogP contribution is -2.36. The maximum absolute atomic E-state index is 12.8. The van der Waals surface area contributed by atoms with Gasteiger partial charge < -0.3 is 25.7 Å². The minimum absolute atomic E-state index is 0.139. The molecular formula is C22H27Br2ClF6N2O8S2. The minimum Gasteiger partial charge on any atom is -0.395 e. The molecule has 0 amide bonds. The summed E-state index contributed by atoms with van der Waals surface area (Å²) in [5.41, 5.74) is -2.19. The van der Waals surface area contributed by atoms with Crippen LogP contribution in [0.5, 0.6) is 0 Å². The molecule has 0 radical (unpaired) electrons. The van der Waals surface area contributed by atoms with Gasteiger partial charge in [-0.05, 0) is 36.4 Å². The zero-order valence-corrected chi connectivity index (χ0v) is 27.3. The van der Waals surface area contributed by atoms with E-state index in [0.29, 0.717) is 25.2 Å². The van der Waals surface area contributed by atoms with Crippen LogP contribution in [0.25, 0.3) is 0 Å². The first-order valence-electron chi connectivity index (χ1n) is 11.5. The summed E-state index contributed by atoms with van der Waals surface area (Å²) in [6, 6.07) is 4.98. The summed E-state index contributed by atoms with van der Waals surface area (Å²) < 4.78 is 122. The number of sulfonamides is 1. The van der Waals surface area contributed by atoms with Crippen molar-refractivity contribution >= 4 is 61.6 Å². The maximum Gasteiger partial charge on any atom is 0.417 e. The van der Waals surface area contributed by atoms with Crippen LogP contribution in [0.1, 0.15) is 11.1 Å². The molecular weight excluding hydrogens is 794 g/mol. The molecule has 21 heteroatoms. The van der Waals surface area contributed by atoms with E-state index < -0.39 is 65.6 Å². The van der Waals surface area contributed by atoms with Gasteiger partial charge in [0, 0.05) is 45.8 Å². The van der Waals surface area contributed by atoms with E-state index in [2.05, 4.69) is 37.2 Å². The van der Waals surface area contributed by atoms with Crippen molar-refractivity contribution < 1.29 is 63.6 Å². The van der Waals surface area contributed by atoms with Crippen molar-refractivity contribution in [2.24, 2.45) is 0 Å². The Bertz CT molecular complexity index is 1360. The lowest BCUT2D eigenvalue weighted by Gasteiger charge is -2.21. The van der Waals surface area contributed by atoms with Gasteiger partial charge in [0.15, 0.2) is 0 Å². The van der Waals surface area contributed by atoms with Crippen molar-refractivity contribution in [3.63, 3.8) is 0 Å². The number of aliphatic hydroxyl groups is 4. The average Bonchev–Trinajstić information content (AvgIpc) is 2.88. The summed E-state index contributed by atoms with van der Waals surface area (Å²) in [6.07, 6.45) is -9.33. The van der Waals surface area contributed by atoms with E-state index in [0.717, 1.165) is 28.6 Å². The molecule has 0 atom stereocenters. The molecule has 0 fully saturated rings. The highest BCUT2D eigenvalue weighted by Crippen LogP contribution is 2.37. The predicted molar refractivity (Wildman–Crippen MR) is 151 cm³/mol. The molecule has 10 nitrogen and oxygen atoms in total. The lowest BCUT2D eigenvalue weighted by atomic mass is 10.2. The number of hydrogen-bond donors (Lipinski definition) is 5. The molecule has 0 bridgehead atoms. The standard InChI is InChI=1S/C11H13BrF3NO4S.C7H3BrClF3O2S.C4H11NO2/c12-10-2-1-8(7-9(10)11(13,14)15)21(19,20)16(3-5-17)4-6-18;8-6-2-1-4(15(9,13)14)3-5(6)7(10,11)12;6-3-1-5-2-4-7/h1-2,7,17-18H,3-6H2;1-3H;5-7H,1-4H2. The molecule has 2 aromatic rings. The van der Waals surface area contributed by atoms with E-state index in [9.17, 15) is 43.2 Å². The lowest BCUT2D eigenvalue weighted by molar-refractivity contribution is -0.139. The van der Waals surface area contributed by atoms with Gasteiger partial charge in [0.05, 0.1) is 47.3 Å². The van der Waals surface area contributed by atoms with Crippen LogP contribution in [0.2, 0.25) is 0 Å². The normalized spacial score (nSPS) is 12.3. The molecule has 0 aliphatic carbocycles. The van der Waals surface area contributed by atoms with Gasteiger partial charge in [0.25, 0.3) is 9.05 Å². The van der Waals surface area contributed by atoms with Crippen LogP contribution in [0.15, 0.2) is 55.1 Å². The molecule has 0 saturated heterocycles. The fraction of sp³-hybridized carbons (Fsp3) is 0.455. The van der Waals surface area contributed by atoms with Gasteiger partial charge in [-0.2, -0.15) is 30.6 Å². The van der Waals surface area contributed by atoms with Crippen LogP contribution >= 0.6 is 42.5 Å². The summed E-state index contributed by atoms with van der Waals surface area (Å²) in [5.74, 6) is 0. The van der Waals surface area contributed by atoms with Crippen molar-refractivity contribution in [1.82, 2.24) is 9.62 Å². The van der Waals surface area contributed by atoms with Crippen LogP contribution in [0.3, 0.4) is 0 Å². The van der Waals surface area contributed by atoms with Gasteiger partial charge >= 0.3 is 12.4 Å². The number of aliphatic hydroxyl groups excluding tert-OH is 4. The molecule has 0 spiro atoms. The Hall–Kier alpha value is -1.07. The number of benzene rings is 2. The largest absolute Gasteiger partial charge is 0.417 e. The van der Waals surface area contributed by atoms with Gasteiger partial charge in [-0.3, -0.25) is 0 Å². The number of hydrogen-bond acceptors (Lipinski definition) is 9. The molecule has 5 N–H and O–H groups in total. The highest BCUT2D eigenvalue weighted by Gasteiger charge is 2.36. The summed E-state index contributed by atoms with van der Waals surface area (Å²) in [4.78, 5) is -1.14. The number of nitrogens with zero attached hydrogens (tertiary/aromatic N) is 1. The van der Waals surface area contributed by atoms with Crippen molar-refractivity contribution in [3.8, 4) is 0 Å². The number of alkyl halides is 6. The smallest absolute Gasteiger partial charge is 0.395 e. The number of rotatable bonds is 11. The highest BCUT2D eigenvalue weighted by atomic mass is 79.9. The molecule has 0 aliphatic heterocycles. The zero-order valence-electron chi connectivity index (χ0n) is 21.7. The first kappa shape index (κ1) is 41.9. The summed E-state index contributed by atoms with van der Waals surface area (Å²) >= 11 is 5.40. The van der Waals surface area contributed by atoms with Crippen LogP contribution in [-0.2, 0) is 31.4 Å². The van der Waals surface area contributed by atoms with Crippen molar-refractivity contribution in [3.05, 3.63) is 56.5 Å². The third-order valence-electron chi connectivity index (χ3n) is 4.68. The van der Waals surface area contributed by atoms with E-state index >= 15 is 0 Å². The SMILES string of the molecule is O=S(=O)(Cl)c1ccc(Br)c(C(F)(F)F)c1.O=S(=O)(c1ccc(Br)c(C(F)(F)F)c1)N(CCO)CCO.OCCNCCO. The summed E-state index contributed by atoms with van der Waals surface area (Å²) in [7, 11) is -3.46. The Labute approximate surface area is 265 Å². The Kier molecular flexibility index (Phi) is 18.3. The first-order chi connectivity index (χ1) is 19.7. The van der Waals surface area contributed by atoms with Crippen molar-refractivity contribution in [2.75, 3.05) is 52.6 Å². The van der Waals surface area contributed by atoms with Gasteiger partial charge in [-0.15, -0.1) is 0 Å². The topological polar surface area (TPSA) is 164 Å². The average molecular weight is 821 g/mol. The fourth-order valence-corrected chi connectivity index (χ4v) is 5.93. The summed E-state index contributed by atoms with van der Waals surface area (Å²) in [5, 5.41) is 36.7. The first-order valence-corrected chi connectivity index (χ1v) is 16.8. The van der Waals surface area contributed by atoms with E-state index in [1.807, 2.05) is 0 Å². The van der Waals surface area contributed by atoms with Crippen molar-refractivity contribution in [1.29, 1.82) is 0 Å². The quantitative estimate of drug-likeness (QED) is 0.130. The van der Waals surface area contributed by atoms with Gasteiger partial charge in [-0.1, -0.05) is 31.9 Å². The molecule has 2 aromatic carbocycles. The van der Waals surface area contributed by atoms with Gasteiger partial charge in [0.1, 0.15) is 0 Å². The molecule has 43 heavy (non-hydrogen) atoms. The van der Waals surface area contributed by atoms with Gasteiger partial charge in [0.2, 0.25) is 10.0 Å². The van der Waals surface area contributed by atoms with Crippen LogP contribution in [-0.4, -0.2) is 94.2 Å².